The highest BCUT2D eigenvalue weighted by atomic mass is 35.5. The molecule has 2 aromatic carbocycles. The Hall–Kier alpha value is -3.27. The van der Waals surface area contributed by atoms with Crippen LogP contribution < -0.4 is 20.3 Å². The van der Waals surface area contributed by atoms with Gasteiger partial charge in [-0.2, -0.15) is 0 Å². The summed E-state index contributed by atoms with van der Waals surface area (Å²) >= 11 is 17.5. The van der Waals surface area contributed by atoms with E-state index in [1.165, 1.54) is 25.5 Å². The number of amides is 2. The minimum absolute atomic E-state index is 0.0936. The number of carbonyl (C=O) groups is 2. The zero-order valence-electron chi connectivity index (χ0n) is 18.7. The molecule has 0 radical (unpaired) electrons. The number of hydrogen-bond donors (Lipinski definition) is 2. The minimum Gasteiger partial charge on any atom is -0.494 e. The molecule has 3 aromatic rings. The predicted molar refractivity (Wildman–Crippen MR) is 140 cm³/mol. The number of rotatable bonds is 5. The molecule has 0 unspecified atom stereocenters. The first-order valence-electron chi connectivity index (χ1n) is 10.7. The molecule has 1 aliphatic heterocycles. The van der Waals surface area contributed by atoms with Gasteiger partial charge in [-0.25, -0.2) is 0 Å². The summed E-state index contributed by atoms with van der Waals surface area (Å²) in [6, 6.07) is 14.0. The highest BCUT2D eigenvalue weighted by molar-refractivity contribution is 7.80. The molecule has 0 atom stereocenters. The third-order valence-electron chi connectivity index (χ3n) is 5.48. The van der Waals surface area contributed by atoms with Gasteiger partial charge in [-0.05, 0) is 60.7 Å². The number of ether oxygens (including phenoxy) is 1. The van der Waals surface area contributed by atoms with E-state index in [4.69, 9.17) is 44.6 Å². The summed E-state index contributed by atoms with van der Waals surface area (Å²) in [5.74, 6) is 0.114. The molecule has 1 fully saturated rings. The van der Waals surface area contributed by atoms with Crippen LogP contribution in [0, 0.1) is 0 Å². The lowest BCUT2D eigenvalue weighted by Crippen LogP contribution is -2.48. The van der Waals surface area contributed by atoms with Crippen LogP contribution in [-0.4, -0.2) is 55.1 Å². The molecule has 2 heterocycles. The number of nitrogens with zero attached hydrogens (tertiary/aromatic N) is 2. The summed E-state index contributed by atoms with van der Waals surface area (Å²) in [7, 11) is 1.45. The highest BCUT2D eigenvalue weighted by Gasteiger charge is 2.24. The number of benzene rings is 2. The molecule has 1 aliphatic rings. The van der Waals surface area contributed by atoms with Crippen molar-refractivity contribution >= 4 is 63.7 Å². The monoisotopic (exact) mass is 532 g/mol. The summed E-state index contributed by atoms with van der Waals surface area (Å²) in [6.07, 6.45) is 1.50. The molecule has 2 amide bonds. The molecule has 35 heavy (non-hydrogen) atoms. The van der Waals surface area contributed by atoms with E-state index in [1.54, 1.807) is 17.0 Å². The number of carbonyl (C=O) groups excluding carboxylic acids is 2. The van der Waals surface area contributed by atoms with E-state index in [0.29, 0.717) is 37.7 Å². The van der Waals surface area contributed by atoms with Crippen LogP contribution in [0.4, 0.5) is 11.4 Å². The van der Waals surface area contributed by atoms with E-state index < -0.39 is 5.91 Å². The molecule has 0 spiro atoms. The van der Waals surface area contributed by atoms with Crippen molar-refractivity contribution in [3.8, 4) is 5.75 Å². The van der Waals surface area contributed by atoms with Gasteiger partial charge in [0.15, 0.2) is 16.6 Å². The highest BCUT2D eigenvalue weighted by Crippen LogP contribution is 2.33. The van der Waals surface area contributed by atoms with Crippen LogP contribution in [0.2, 0.25) is 10.0 Å². The molecule has 4 rings (SSSR count). The Morgan fingerprint density at radius 1 is 1.03 bits per heavy atom. The van der Waals surface area contributed by atoms with Crippen LogP contribution in [-0.2, 0) is 0 Å². The largest absolute Gasteiger partial charge is 0.494 e. The first kappa shape index (κ1) is 24.8. The molecule has 182 valence electrons. The second kappa shape index (κ2) is 11.0. The smallest absolute Gasteiger partial charge is 0.289 e. The molecular formula is C24H22Cl2N4O4S. The van der Waals surface area contributed by atoms with Gasteiger partial charge in [0, 0.05) is 43.1 Å². The topological polar surface area (TPSA) is 87.0 Å². The molecule has 1 aromatic heterocycles. The molecular weight excluding hydrogens is 511 g/mol. The average Bonchev–Trinajstić information content (AvgIpc) is 3.39. The van der Waals surface area contributed by atoms with Gasteiger partial charge in [-0.3, -0.25) is 14.9 Å². The summed E-state index contributed by atoms with van der Waals surface area (Å²) in [4.78, 5) is 28.9. The molecule has 11 heteroatoms. The van der Waals surface area contributed by atoms with Crippen LogP contribution in [0.1, 0.15) is 20.9 Å². The van der Waals surface area contributed by atoms with Crippen LogP contribution in [0.5, 0.6) is 5.75 Å². The fraction of sp³-hybridized carbons (Fsp3) is 0.208. The third-order valence-corrected chi connectivity index (χ3v) is 6.25. The number of thiocarbonyl (C=S) groups is 1. The molecule has 0 bridgehead atoms. The van der Waals surface area contributed by atoms with Gasteiger partial charge in [0.25, 0.3) is 11.8 Å². The summed E-state index contributed by atoms with van der Waals surface area (Å²) in [6.45, 7) is 2.63. The minimum atomic E-state index is -0.451. The summed E-state index contributed by atoms with van der Waals surface area (Å²) < 4.78 is 10.3. The Kier molecular flexibility index (Phi) is 7.80. The Morgan fingerprint density at radius 3 is 2.26 bits per heavy atom. The SMILES string of the molecule is COc1c(Cl)cc(C(=O)NC(=S)Nc2ccc(N3CCN(C(=O)c4ccco4)CC3)cc2)cc1Cl. The van der Waals surface area contributed by atoms with E-state index in [0.717, 1.165) is 11.4 Å². The maximum Gasteiger partial charge on any atom is 0.289 e. The van der Waals surface area contributed by atoms with Crippen LogP contribution in [0.3, 0.4) is 0 Å². The lowest BCUT2D eigenvalue weighted by Gasteiger charge is -2.35. The van der Waals surface area contributed by atoms with E-state index >= 15 is 0 Å². The first-order chi connectivity index (χ1) is 16.9. The van der Waals surface area contributed by atoms with E-state index in [9.17, 15) is 9.59 Å². The van der Waals surface area contributed by atoms with E-state index in [2.05, 4.69) is 15.5 Å². The molecule has 8 nitrogen and oxygen atoms in total. The third kappa shape index (κ3) is 5.87. The predicted octanol–water partition coefficient (Wildman–Crippen LogP) is 4.68. The van der Waals surface area contributed by atoms with Crippen molar-refractivity contribution in [2.24, 2.45) is 0 Å². The second-order valence-electron chi connectivity index (χ2n) is 7.68. The van der Waals surface area contributed by atoms with Gasteiger partial charge < -0.3 is 24.3 Å². The average molecular weight is 533 g/mol. The van der Waals surface area contributed by atoms with Gasteiger partial charge in [0.05, 0.1) is 23.4 Å². The number of anilines is 2. The van der Waals surface area contributed by atoms with E-state index in [1.807, 2.05) is 24.3 Å². The standard InChI is InChI=1S/C24H22Cl2N4O4S/c1-33-21-18(25)13-15(14-19(21)26)22(31)28-24(35)27-16-4-6-17(7-5-16)29-8-10-30(11-9-29)23(32)20-3-2-12-34-20/h2-7,12-14H,8-11H2,1H3,(H2,27,28,31,35). The number of methoxy groups -OCH3 is 1. The first-order valence-corrected chi connectivity index (χ1v) is 11.9. The number of furan rings is 1. The Bertz CT molecular complexity index is 1200. The molecule has 0 saturated carbocycles. The summed E-state index contributed by atoms with van der Waals surface area (Å²) in [5.41, 5.74) is 2.00. The van der Waals surface area contributed by atoms with Gasteiger partial charge in [-0.15, -0.1) is 0 Å². The van der Waals surface area contributed by atoms with Crippen molar-refractivity contribution in [1.29, 1.82) is 0 Å². The maximum absolute atomic E-state index is 12.5. The van der Waals surface area contributed by atoms with Gasteiger partial charge in [0.2, 0.25) is 0 Å². The number of hydrogen-bond acceptors (Lipinski definition) is 6. The molecule has 0 aliphatic carbocycles. The second-order valence-corrected chi connectivity index (χ2v) is 8.91. The van der Waals surface area contributed by atoms with Crippen LogP contribution in [0.25, 0.3) is 0 Å². The quantitative estimate of drug-likeness (QED) is 0.461. The Labute approximate surface area is 217 Å². The Balaban J connectivity index is 1.29. The van der Waals surface area contributed by atoms with Crippen molar-refractivity contribution in [2.75, 3.05) is 43.5 Å². The van der Waals surface area contributed by atoms with Crippen molar-refractivity contribution < 1.29 is 18.7 Å². The van der Waals surface area contributed by atoms with Crippen molar-refractivity contribution in [2.45, 2.75) is 0 Å². The Morgan fingerprint density at radius 2 is 1.69 bits per heavy atom. The van der Waals surface area contributed by atoms with Gasteiger partial charge in [-0.1, -0.05) is 23.2 Å². The lowest BCUT2D eigenvalue weighted by atomic mass is 10.2. The summed E-state index contributed by atoms with van der Waals surface area (Å²) in [5, 5.41) is 6.19. The zero-order valence-corrected chi connectivity index (χ0v) is 21.0. The van der Waals surface area contributed by atoms with Gasteiger partial charge >= 0.3 is 0 Å². The van der Waals surface area contributed by atoms with E-state index in [-0.39, 0.29) is 26.6 Å². The maximum atomic E-state index is 12.5. The number of piperazine rings is 1. The molecule has 1 saturated heterocycles. The lowest BCUT2D eigenvalue weighted by molar-refractivity contribution is 0.0714. The zero-order chi connectivity index (χ0) is 24.9. The molecule has 2 N–H and O–H groups in total. The number of nitrogens with one attached hydrogen (secondary N) is 2. The fourth-order valence-electron chi connectivity index (χ4n) is 3.70. The normalized spacial score (nSPS) is 13.3. The van der Waals surface area contributed by atoms with Gasteiger partial charge in [0.1, 0.15) is 0 Å². The fourth-order valence-corrected chi connectivity index (χ4v) is 4.55. The van der Waals surface area contributed by atoms with Crippen LogP contribution >= 0.6 is 35.4 Å². The van der Waals surface area contributed by atoms with Crippen molar-refractivity contribution in [3.05, 3.63) is 76.2 Å². The number of halogens is 2. The van der Waals surface area contributed by atoms with Crippen molar-refractivity contribution in [1.82, 2.24) is 10.2 Å². The van der Waals surface area contributed by atoms with Crippen molar-refractivity contribution in [3.63, 3.8) is 0 Å². The van der Waals surface area contributed by atoms with Crippen LogP contribution in [0.15, 0.2) is 59.2 Å².